The Hall–Kier alpha value is -2.14. The monoisotopic (exact) mass is 390 g/mol. The third kappa shape index (κ3) is 5.20. The molecular formula is C19H19BrO4. The van der Waals surface area contributed by atoms with Gasteiger partial charge in [-0.15, -0.1) is 0 Å². The van der Waals surface area contributed by atoms with Gasteiger partial charge in [-0.25, -0.2) is 4.79 Å². The third-order valence-corrected chi connectivity index (χ3v) is 4.16. The normalized spacial score (nSPS) is 12.3. The van der Waals surface area contributed by atoms with Crippen LogP contribution in [-0.2, 0) is 9.53 Å². The summed E-state index contributed by atoms with van der Waals surface area (Å²) >= 11 is 3.17. The number of hydrogen-bond donors (Lipinski definition) is 0. The van der Waals surface area contributed by atoms with E-state index in [-0.39, 0.29) is 12.4 Å². The Kier molecular flexibility index (Phi) is 6.55. The number of halogens is 1. The lowest BCUT2D eigenvalue weighted by Crippen LogP contribution is -2.12. The smallest absolute Gasteiger partial charge is 0.331 e. The predicted octanol–water partition coefficient (Wildman–Crippen LogP) is 4.99. The number of furan rings is 1. The average molecular weight is 391 g/mol. The van der Waals surface area contributed by atoms with Gasteiger partial charge in [0.2, 0.25) is 0 Å². The van der Waals surface area contributed by atoms with Crippen molar-refractivity contribution in [3.8, 4) is 0 Å². The molecule has 2 rings (SSSR count). The summed E-state index contributed by atoms with van der Waals surface area (Å²) in [5, 5.41) is 0. The number of hydrogen-bond acceptors (Lipinski definition) is 4. The molecule has 0 spiro atoms. The summed E-state index contributed by atoms with van der Waals surface area (Å²) in [6, 6.07) is 10.9. The lowest BCUT2D eigenvalue weighted by atomic mass is 9.97. The van der Waals surface area contributed by atoms with Crippen LogP contribution in [0, 0.1) is 0 Å². The van der Waals surface area contributed by atoms with Crippen molar-refractivity contribution in [2.75, 3.05) is 6.61 Å². The summed E-state index contributed by atoms with van der Waals surface area (Å²) in [6.45, 7) is 3.98. The molecule has 1 aromatic carbocycles. The van der Waals surface area contributed by atoms with E-state index in [1.807, 2.05) is 12.1 Å². The Morgan fingerprint density at radius 1 is 1.21 bits per heavy atom. The zero-order chi connectivity index (χ0) is 17.5. The Morgan fingerprint density at radius 3 is 2.50 bits per heavy atom. The molecule has 0 saturated heterocycles. The summed E-state index contributed by atoms with van der Waals surface area (Å²) < 4.78 is 10.8. The van der Waals surface area contributed by atoms with Crippen molar-refractivity contribution < 1.29 is 18.7 Å². The molecule has 4 nitrogen and oxygen atoms in total. The Bertz CT molecular complexity index is 728. The van der Waals surface area contributed by atoms with E-state index in [9.17, 15) is 9.59 Å². The molecule has 126 valence electrons. The lowest BCUT2D eigenvalue weighted by molar-refractivity contribution is -0.136. The van der Waals surface area contributed by atoms with Crippen LogP contribution in [0.25, 0.3) is 6.08 Å². The molecular weight excluding hydrogens is 372 g/mol. The highest BCUT2D eigenvalue weighted by Gasteiger charge is 2.10. The topological polar surface area (TPSA) is 56.5 Å². The summed E-state index contributed by atoms with van der Waals surface area (Å²) in [4.78, 5) is 23.7. The van der Waals surface area contributed by atoms with Crippen molar-refractivity contribution in [2.24, 2.45) is 0 Å². The zero-order valence-electron chi connectivity index (χ0n) is 13.6. The van der Waals surface area contributed by atoms with Gasteiger partial charge in [-0.1, -0.05) is 38.1 Å². The van der Waals surface area contributed by atoms with E-state index in [1.54, 1.807) is 24.3 Å². The number of rotatable bonds is 7. The van der Waals surface area contributed by atoms with E-state index in [4.69, 9.17) is 9.15 Å². The molecule has 1 heterocycles. The first-order valence-corrected chi connectivity index (χ1v) is 8.52. The van der Waals surface area contributed by atoms with Gasteiger partial charge < -0.3 is 9.15 Å². The number of esters is 1. The molecule has 0 unspecified atom stereocenters. The van der Waals surface area contributed by atoms with Gasteiger partial charge in [0.25, 0.3) is 0 Å². The van der Waals surface area contributed by atoms with Crippen LogP contribution in [-0.4, -0.2) is 18.4 Å². The average Bonchev–Trinajstić information content (AvgIpc) is 3.02. The zero-order valence-corrected chi connectivity index (χ0v) is 15.2. The molecule has 0 fully saturated rings. The van der Waals surface area contributed by atoms with E-state index in [0.717, 1.165) is 6.42 Å². The molecule has 0 aliphatic carbocycles. The van der Waals surface area contributed by atoms with Gasteiger partial charge >= 0.3 is 5.97 Å². The number of Topliss-reactive ketones (excluding diaryl/α,β-unsaturated/α-hetero) is 1. The highest BCUT2D eigenvalue weighted by molar-refractivity contribution is 9.10. The van der Waals surface area contributed by atoms with Gasteiger partial charge in [0, 0.05) is 11.6 Å². The first-order chi connectivity index (χ1) is 11.5. The second-order valence-electron chi connectivity index (χ2n) is 5.44. The fourth-order valence-corrected chi connectivity index (χ4v) is 2.39. The van der Waals surface area contributed by atoms with Gasteiger partial charge in [-0.05, 0) is 52.0 Å². The molecule has 0 saturated carbocycles. The van der Waals surface area contributed by atoms with E-state index in [0.29, 0.717) is 21.9 Å². The van der Waals surface area contributed by atoms with Crippen molar-refractivity contribution in [1.29, 1.82) is 0 Å². The number of benzene rings is 1. The van der Waals surface area contributed by atoms with Gasteiger partial charge in [0.05, 0.1) is 0 Å². The molecule has 0 radical (unpaired) electrons. The Morgan fingerprint density at radius 2 is 1.92 bits per heavy atom. The van der Waals surface area contributed by atoms with Crippen LogP contribution in [0.1, 0.15) is 47.9 Å². The van der Waals surface area contributed by atoms with E-state index >= 15 is 0 Å². The summed E-state index contributed by atoms with van der Waals surface area (Å²) in [5.74, 6) is 0.157. The Balaban J connectivity index is 1.86. The minimum Gasteiger partial charge on any atom is -0.454 e. The van der Waals surface area contributed by atoms with Gasteiger partial charge in [0.15, 0.2) is 17.1 Å². The minimum atomic E-state index is -0.591. The second-order valence-corrected chi connectivity index (χ2v) is 6.22. The molecule has 0 aliphatic heterocycles. The van der Waals surface area contributed by atoms with E-state index in [2.05, 4.69) is 29.8 Å². The van der Waals surface area contributed by atoms with Crippen LogP contribution >= 0.6 is 15.9 Å². The number of carbonyl (C=O) groups excluding carboxylic acids is 2. The van der Waals surface area contributed by atoms with Crippen LogP contribution < -0.4 is 0 Å². The fraction of sp³-hybridized carbons (Fsp3) is 0.263. The maximum atomic E-state index is 12.1. The van der Waals surface area contributed by atoms with Crippen molar-refractivity contribution in [3.05, 3.63) is 64.0 Å². The molecule has 1 aromatic heterocycles. The predicted molar refractivity (Wildman–Crippen MR) is 95.9 cm³/mol. The van der Waals surface area contributed by atoms with Crippen LogP contribution in [0.2, 0.25) is 0 Å². The molecule has 5 heteroatoms. The molecule has 24 heavy (non-hydrogen) atoms. The third-order valence-electron chi connectivity index (χ3n) is 3.74. The number of ketones is 1. The van der Waals surface area contributed by atoms with Crippen molar-refractivity contribution in [3.63, 3.8) is 0 Å². The first kappa shape index (κ1) is 18.2. The van der Waals surface area contributed by atoms with Crippen molar-refractivity contribution in [1.82, 2.24) is 0 Å². The summed E-state index contributed by atoms with van der Waals surface area (Å²) in [6.07, 6.45) is 3.76. The van der Waals surface area contributed by atoms with E-state index < -0.39 is 5.97 Å². The van der Waals surface area contributed by atoms with Gasteiger partial charge in [-0.2, -0.15) is 0 Å². The standard InChI is InChI=1S/C19H19BrO4/c1-3-13(2)14-4-6-15(7-5-14)17(21)12-23-19(22)11-9-16-8-10-18(20)24-16/h4-11,13H,3,12H2,1-2H3/b11-9+/t13-/m1/s1. The van der Waals surface area contributed by atoms with Crippen LogP contribution in [0.15, 0.2) is 51.6 Å². The quantitative estimate of drug-likeness (QED) is 0.379. The molecule has 0 amide bonds. The highest BCUT2D eigenvalue weighted by atomic mass is 79.9. The number of carbonyl (C=O) groups is 2. The van der Waals surface area contributed by atoms with Crippen LogP contribution in [0.4, 0.5) is 0 Å². The fourth-order valence-electron chi connectivity index (χ4n) is 2.07. The van der Waals surface area contributed by atoms with Crippen LogP contribution in [0.5, 0.6) is 0 Å². The molecule has 1 atom stereocenters. The van der Waals surface area contributed by atoms with Crippen molar-refractivity contribution >= 4 is 33.8 Å². The van der Waals surface area contributed by atoms with E-state index in [1.165, 1.54) is 17.7 Å². The second kappa shape index (κ2) is 8.64. The Labute approximate surface area is 149 Å². The summed E-state index contributed by atoms with van der Waals surface area (Å²) in [5.41, 5.74) is 1.73. The molecule has 0 N–H and O–H groups in total. The van der Waals surface area contributed by atoms with Crippen LogP contribution in [0.3, 0.4) is 0 Å². The highest BCUT2D eigenvalue weighted by Crippen LogP contribution is 2.19. The summed E-state index contributed by atoms with van der Waals surface area (Å²) in [7, 11) is 0. The minimum absolute atomic E-state index is 0.229. The number of ether oxygens (including phenoxy) is 1. The molecule has 0 aliphatic rings. The van der Waals surface area contributed by atoms with Gasteiger partial charge in [-0.3, -0.25) is 4.79 Å². The first-order valence-electron chi connectivity index (χ1n) is 7.73. The van der Waals surface area contributed by atoms with Gasteiger partial charge in [0.1, 0.15) is 5.76 Å². The maximum absolute atomic E-state index is 12.1. The van der Waals surface area contributed by atoms with Crippen molar-refractivity contribution in [2.45, 2.75) is 26.2 Å². The maximum Gasteiger partial charge on any atom is 0.331 e. The largest absolute Gasteiger partial charge is 0.454 e. The molecule has 0 bridgehead atoms. The molecule has 2 aromatic rings. The SMILES string of the molecule is CC[C@@H](C)c1ccc(C(=O)COC(=O)/C=C/c2ccc(Br)o2)cc1. The lowest BCUT2D eigenvalue weighted by Gasteiger charge is -2.09.